The number of morpholine rings is 1. The number of carbonyl (C=O) groups excluding carboxylic acids is 1. The normalized spacial score (nSPS) is 16.2. The number of carbonyl (C=O) groups is 1. The van der Waals surface area contributed by atoms with E-state index in [1.165, 1.54) is 0 Å². The fraction of sp³-hybridized carbons (Fsp3) is 0.636. The summed E-state index contributed by atoms with van der Waals surface area (Å²) in [7, 11) is 0. The summed E-state index contributed by atoms with van der Waals surface area (Å²) in [6.07, 6.45) is -3.36. The Morgan fingerprint density at radius 1 is 1.45 bits per heavy atom. The average molecular weight is 309 g/mol. The van der Waals surface area contributed by atoms with Crippen LogP contribution in [-0.4, -0.2) is 48.6 Å². The highest BCUT2D eigenvalue weighted by atomic mass is 32.1. The minimum atomic E-state index is -4.37. The quantitative estimate of drug-likeness (QED) is 0.922. The van der Waals surface area contributed by atoms with E-state index in [2.05, 4.69) is 10.3 Å². The zero-order valence-electron chi connectivity index (χ0n) is 10.6. The number of halogens is 3. The summed E-state index contributed by atoms with van der Waals surface area (Å²) < 4.78 is 42.2. The predicted octanol–water partition coefficient (Wildman–Crippen LogP) is 1.82. The Kier molecular flexibility index (Phi) is 4.81. The Balaban J connectivity index is 1.75. The molecular formula is C11H14F3N3O2S. The van der Waals surface area contributed by atoms with Gasteiger partial charge in [-0.2, -0.15) is 13.2 Å². The van der Waals surface area contributed by atoms with Gasteiger partial charge in [0, 0.05) is 26.1 Å². The average Bonchev–Trinajstić information content (AvgIpc) is 2.88. The van der Waals surface area contributed by atoms with Crippen LogP contribution >= 0.6 is 11.3 Å². The number of hydrogen-bond acceptors (Lipinski definition) is 5. The topological polar surface area (TPSA) is 54.5 Å². The third kappa shape index (κ3) is 4.07. The lowest BCUT2D eigenvalue weighted by atomic mass is 10.3. The van der Waals surface area contributed by atoms with Crippen molar-refractivity contribution < 1.29 is 22.7 Å². The molecule has 1 N–H and O–H groups in total. The van der Waals surface area contributed by atoms with E-state index >= 15 is 0 Å². The van der Waals surface area contributed by atoms with Gasteiger partial charge in [-0.1, -0.05) is 11.3 Å². The van der Waals surface area contributed by atoms with Crippen LogP contribution in [0.1, 0.15) is 11.3 Å². The van der Waals surface area contributed by atoms with E-state index in [0.29, 0.717) is 37.6 Å². The van der Waals surface area contributed by atoms with Crippen molar-refractivity contribution in [1.29, 1.82) is 0 Å². The summed E-state index contributed by atoms with van der Waals surface area (Å²) in [6, 6.07) is 0. The van der Waals surface area contributed by atoms with E-state index in [1.807, 2.05) is 0 Å². The second kappa shape index (κ2) is 6.40. The van der Waals surface area contributed by atoms with Crippen molar-refractivity contribution in [3.05, 3.63) is 11.1 Å². The SMILES string of the molecule is O=C(CCNc1ncc(C(F)(F)F)s1)N1CCOCC1. The van der Waals surface area contributed by atoms with Gasteiger partial charge in [0.05, 0.1) is 19.4 Å². The molecule has 0 radical (unpaired) electrons. The first kappa shape index (κ1) is 15.0. The molecule has 0 spiro atoms. The second-order valence-electron chi connectivity index (χ2n) is 4.20. The minimum Gasteiger partial charge on any atom is -0.378 e. The molecule has 2 heterocycles. The molecular weight excluding hydrogens is 295 g/mol. The van der Waals surface area contributed by atoms with Crippen LogP contribution in [0, 0.1) is 0 Å². The van der Waals surface area contributed by atoms with E-state index < -0.39 is 11.1 Å². The molecule has 20 heavy (non-hydrogen) atoms. The zero-order chi connectivity index (χ0) is 14.6. The lowest BCUT2D eigenvalue weighted by Gasteiger charge is -2.26. The maximum atomic E-state index is 12.4. The molecule has 0 atom stereocenters. The molecule has 5 nitrogen and oxygen atoms in total. The zero-order valence-corrected chi connectivity index (χ0v) is 11.4. The standard InChI is InChI=1S/C11H14F3N3O2S/c12-11(13,14)8-7-16-10(20-8)15-2-1-9(18)17-3-5-19-6-4-17/h7H,1-6H2,(H,15,16). The Hall–Kier alpha value is -1.35. The first-order chi connectivity index (χ1) is 9.47. The van der Waals surface area contributed by atoms with Gasteiger partial charge >= 0.3 is 6.18 Å². The fourth-order valence-corrected chi connectivity index (χ4v) is 2.44. The smallest absolute Gasteiger partial charge is 0.378 e. The van der Waals surface area contributed by atoms with Gasteiger partial charge < -0.3 is 15.0 Å². The summed E-state index contributed by atoms with van der Waals surface area (Å²) in [5, 5.41) is 2.91. The van der Waals surface area contributed by atoms with E-state index in [4.69, 9.17) is 4.74 Å². The van der Waals surface area contributed by atoms with Crippen molar-refractivity contribution in [3.8, 4) is 0 Å². The molecule has 1 aromatic heterocycles. The third-order valence-electron chi connectivity index (χ3n) is 2.76. The molecule has 2 rings (SSSR count). The Labute approximate surface area is 117 Å². The number of ether oxygens (including phenoxy) is 1. The first-order valence-corrected chi connectivity index (χ1v) is 6.91. The van der Waals surface area contributed by atoms with Crippen LogP contribution in [0.25, 0.3) is 0 Å². The van der Waals surface area contributed by atoms with Crippen LogP contribution in [0.15, 0.2) is 6.20 Å². The maximum absolute atomic E-state index is 12.4. The molecule has 9 heteroatoms. The van der Waals surface area contributed by atoms with Crippen LogP contribution in [-0.2, 0) is 15.7 Å². The summed E-state index contributed by atoms with van der Waals surface area (Å²) in [4.78, 5) is 16.4. The summed E-state index contributed by atoms with van der Waals surface area (Å²) in [6.45, 7) is 2.45. The van der Waals surface area contributed by atoms with E-state index in [1.54, 1.807) is 4.90 Å². The maximum Gasteiger partial charge on any atom is 0.427 e. The monoisotopic (exact) mass is 309 g/mol. The van der Waals surface area contributed by atoms with Crippen molar-refractivity contribution in [3.63, 3.8) is 0 Å². The summed E-state index contributed by atoms with van der Waals surface area (Å²) in [5.41, 5.74) is 0. The lowest BCUT2D eigenvalue weighted by molar-refractivity contribution is -0.135. The van der Waals surface area contributed by atoms with Gasteiger partial charge in [-0.05, 0) is 0 Å². The van der Waals surface area contributed by atoms with Crippen molar-refractivity contribution >= 4 is 22.4 Å². The Bertz CT molecular complexity index is 458. The molecule has 0 unspecified atom stereocenters. The van der Waals surface area contributed by atoms with Crippen molar-refractivity contribution in [2.45, 2.75) is 12.6 Å². The van der Waals surface area contributed by atoms with Gasteiger partial charge in [0.25, 0.3) is 0 Å². The highest BCUT2D eigenvalue weighted by Crippen LogP contribution is 2.34. The van der Waals surface area contributed by atoms with Crippen LogP contribution in [0.3, 0.4) is 0 Å². The summed E-state index contributed by atoms with van der Waals surface area (Å²) >= 11 is 0.535. The number of rotatable bonds is 4. The largest absolute Gasteiger partial charge is 0.427 e. The van der Waals surface area contributed by atoms with E-state index in [-0.39, 0.29) is 24.0 Å². The number of alkyl halides is 3. The molecule has 0 aromatic carbocycles. The predicted molar refractivity (Wildman–Crippen MR) is 67.6 cm³/mol. The van der Waals surface area contributed by atoms with Crippen LogP contribution in [0.5, 0.6) is 0 Å². The highest BCUT2D eigenvalue weighted by Gasteiger charge is 2.33. The number of thiazole rings is 1. The van der Waals surface area contributed by atoms with E-state index in [0.717, 1.165) is 6.20 Å². The van der Waals surface area contributed by atoms with Crippen molar-refractivity contribution in [2.75, 3.05) is 38.2 Å². The molecule has 1 fully saturated rings. The number of aromatic nitrogens is 1. The molecule has 1 aliphatic heterocycles. The second-order valence-corrected chi connectivity index (χ2v) is 5.23. The highest BCUT2D eigenvalue weighted by molar-refractivity contribution is 7.15. The Morgan fingerprint density at radius 2 is 2.15 bits per heavy atom. The van der Waals surface area contributed by atoms with E-state index in [9.17, 15) is 18.0 Å². The van der Waals surface area contributed by atoms with Gasteiger partial charge in [0.2, 0.25) is 5.91 Å². The van der Waals surface area contributed by atoms with Crippen LogP contribution in [0.4, 0.5) is 18.3 Å². The van der Waals surface area contributed by atoms with Gasteiger partial charge in [-0.15, -0.1) is 0 Å². The number of hydrogen-bond donors (Lipinski definition) is 1. The third-order valence-corrected chi connectivity index (χ3v) is 3.76. The lowest BCUT2D eigenvalue weighted by Crippen LogP contribution is -2.41. The number of nitrogens with zero attached hydrogens (tertiary/aromatic N) is 2. The van der Waals surface area contributed by atoms with Gasteiger partial charge in [0.1, 0.15) is 4.88 Å². The minimum absolute atomic E-state index is 0.0339. The molecule has 1 aliphatic rings. The van der Waals surface area contributed by atoms with Crippen molar-refractivity contribution in [2.24, 2.45) is 0 Å². The molecule has 0 bridgehead atoms. The molecule has 1 amide bonds. The van der Waals surface area contributed by atoms with Crippen molar-refractivity contribution in [1.82, 2.24) is 9.88 Å². The summed E-state index contributed by atoms with van der Waals surface area (Å²) in [5.74, 6) is -0.0339. The molecule has 0 aliphatic carbocycles. The number of amides is 1. The first-order valence-electron chi connectivity index (χ1n) is 6.09. The van der Waals surface area contributed by atoms with Gasteiger partial charge in [0.15, 0.2) is 5.13 Å². The van der Waals surface area contributed by atoms with Crippen LogP contribution < -0.4 is 5.32 Å². The number of nitrogens with one attached hydrogen (secondary N) is 1. The Morgan fingerprint density at radius 3 is 2.75 bits per heavy atom. The number of anilines is 1. The molecule has 0 saturated carbocycles. The molecule has 1 saturated heterocycles. The van der Waals surface area contributed by atoms with Crippen LogP contribution in [0.2, 0.25) is 0 Å². The van der Waals surface area contributed by atoms with Gasteiger partial charge in [-0.3, -0.25) is 4.79 Å². The van der Waals surface area contributed by atoms with Gasteiger partial charge in [-0.25, -0.2) is 4.98 Å². The molecule has 112 valence electrons. The fourth-order valence-electron chi connectivity index (χ4n) is 1.73. The molecule has 1 aromatic rings.